The summed E-state index contributed by atoms with van der Waals surface area (Å²) in [6.45, 7) is 6.31. The van der Waals surface area contributed by atoms with Crippen LogP contribution in [0.15, 0.2) is 18.2 Å². The van der Waals surface area contributed by atoms with Gasteiger partial charge in [-0.2, -0.15) is 0 Å². The van der Waals surface area contributed by atoms with Gasteiger partial charge >= 0.3 is 0 Å². The van der Waals surface area contributed by atoms with Crippen LogP contribution in [0.3, 0.4) is 0 Å². The van der Waals surface area contributed by atoms with Crippen molar-refractivity contribution in [1.82, 2.24) is 9.80 Å². The standard InChI is InChI=1S/C15H22Cl2N2O/c1-11-10-18(2)8-9-19(11)7-6-14(20)12-4-3-5-13(16)15(12)17/h3-5,11,14,20H,6-10H2,1-2H3. The van der Waals surface area contributed by atoms with Gasteiger partial charge in [-0.15, -0.1) is 0 Å². The van der Waals surface area contributed by atoms with Crippen molar-refractivity contribution >= 4 is 23.2 Å². The SMILES string of the molecule is CC1CN(C)CCN1CCC(O)c1cccc(Cl)c1Cl. The zero-order chi connectivity index (χ0) is 14.7. The van der Waals surface area contributed by atoms with Crippen LogP contribution in [0.25, 0.3) is 0 Å². The maximum Gasteiger partial charge on any atom is 0.0817 e. The van der Waals surface area contributed by atoms with Crippen molar-refractivity contribution in [3.8, 4) is 0 Å². The molecule has 0 aromatic heterocycles. The van der Waals surface area contributed by atoms with Crippen LogP contribution in [0.1, 0.15) is 25.0 Å². The predicted molar refractivity (Wildman–Crippen MR) is 84.6 cm³/mol. The zero-order valence-corrected chi connectivity index (χ0v) is 13.5. The van der Waals surface area contributed by atoms with Gasteiger partial charge in [-0.25, -0.2) is 0 Å². The Morgan fingerprint density at radius 3 is 2.80 bits per heavy atom. The first-order valence-electron chi connectivity index (χ1n) is 7.03. The number of likely N-dealkylation sites (N-methyl/N-ethyl adjacent to an activating group) is 1. The molecule has 1 aliphatic rings. The van der Waals surface area contributed by atoms with Gasteiger partial charge in [0.25, 0.3) is 0 Å². The van der Waals surface area contributed by atoms with Crippen LogP contribution in [0, 0.1) is 0 Å². The van der Waals surface area contributed by atoms with Crippen LogP contribution in [-0.4, -0.2) is 54.2 Å². The van der Waals surface area contributed by atoms with Crippen molar-refractivity contribution in [2.75, 3.05) is 33.2 Å². The predicted octanol–water partition coefficient (Wildman–Crippen LogP) is 3.05. The van der Waals surface area contributed by atoms with E-state index in [-0.39, 0.29) is 0 Å². The molecule has 1 heterocycles. The molecule has 20 heavy (non-hydrogen) atoms. The van der Waals surface area contributed by atoms with E-state index < -0.39 is 6.10 Å². The van der Waals surface area contributed by atoms with E-state index in [1.807, 2.05) is 12.1 Å². The van der Waals surface area contributed by atoms with Gasteiger partial charge in [0, 0.05) is 37.8 Å². The normalized spacial score (nSPS) is 22.9. The van der Waals surface area contributed by atoms with E-state index in [4.69, 9.17) is 23.2 Å². The van der Waals surface area contributed by atoms with Crippen LogP contribution >= 0.6 is 23.2 Å². The lowest BCUT2D eigenvalue weighted by molar-refractivity contribution is 0.0770. The summed E-state index contributed by atoms with van der Waals surface area (Å²) < 4.78 is 0. The smallest absolute Gasteiger partial charge is 0.0817 e. The van der Waals surface area contributed by atoms with E-state index in [0.29, 0.717) is 22.5 Å². The van der Waals surface area contributed by atoms with Crippen LogP contribution in [0.5, 0.6) is 0 Å². The minimum absolute atomic E-state index is 0.466. The van der Waals surface area contributed by atoms with Crippen molar-refractivity contribution in [2.24, 2.45) is 0 Å². The Bertz CT molecular complexity index is 455. The Hall–Kier alpha value is -0.320. The van der Waals surface area contributed by atoms with Crippen LogP contribution in [0.2, 0.25) is 10.0 Å². The van der Waals surface area contributed by atoms with E-state index in [0.717, 1.165) is 31.7 Å². The van der Waals surface area contributed by atoms with Gasteiger partial charge in [0.15, 0.2) is 0 Å². The highest BCUT2D eigenvalue weighted by Gasteiger charge is 2.22. The molecule has 2 rings (SSSR count). The first kappa shape index (κ1) is 16.1. The Morgan fingerprint density at radius 1 is 1.35 bits per heavy atom. The van der Waals surface area contributed by atoms with Gasteiger partial charge in [0.2, 0.25) is 0 Å². The molecule has 1 aromatic carbocycles. The topological polar surface area (TPSA) is 26.7 Å². The quantitative estimate of drug-likeness (QED) is 0.925. The van der Waals surface area contributed by atoms with Crippen LogP contribution in [-0.2, 0) is 0 Å². The number of aliphatic hydroxyl groups excluding tert-OH is 1. The molecule has 1 N–H and O–H groups in total. The third-order valence-electron chi connectivity index (χ3n) is 4.00. The lowest BCUT2D eigenvalue weighted by Gasteiger charge is -2.38. The molecule has 1 fully saturated rings. The summed E-state index contributed by atoms with van der Waals surface area (Å²) in [4.78, 5) is 4.76. The average molecular weight is 317 g/mol. The fourth-order valence-corrected chi connectivity index (χ4v) is 3.16. The van der Waals surface area contributed by atoms with Crippen LogP contribution < -0.4 is 0 Å². The number of rotatable bonds is 4. The van der Waals surface area contributed by atoms with Gasteiger partial charge in [0.05, 0.1) is 16.1 Å². The van der Waals surface area contributed by atoms with E-state index >= 15 is 0 Å². The fourth-order valence-electron chi connectivity index (χ4n) is 2.73. The van der Waals surface area contributed by atoms with Crippen molar-refractivity contribution in [2.45, 2.75) is 25.5 Å². The molecule has 1 aromatic rings. The van der Waals surface area contributed by atoms with Gasteiger partial charge in [-0.05, 0) is 26.5 Å². The molecule has 0 radical (unpaired) electrons. The highest BCUT2D eigenvalue weighted by molar-refractivity contribution is 6.42. The molecule has 2 unspecified atom stereocenters. The number of benzene rings is 1. The Labute approximate surface area is 131 Å². The molecule has 0 amide bonds. The van der Waals surface area contributed by atoms with Gasteiger partial charge in [-0.3, -0.25) is 4.90 Å². The summed E-state index contributed by atoms with van der Waals surface area (Å²) in [6, 6.07) is 5.93. The summed E-state index contributed by atoms with van der Waals surface area (Å²) in [7, 11) is 2.15. The Morgan fingerprint density at radius 2 is 2.10 bits per heavy atom. The average Bonchev–Trinajstić information content (AvgIpc) is 2.40. The van der Waals surface area contributed by atoms with E-state index in [2.05, 4.69) is 23.8 Å². The maximum atomic E-state index is 10.3. The molecular weight excluding hydrogens is 295 g/mol. The Balaban J connectivity index is 1.92. The van der Waals surface area contributed by atoms with Crippen molar-refractivity contribution in [3.63, 3.8) is 0 Å². The van der Waals surface area contributed by atoms with Crippen molar-refractivity contribution in [3.05, 3.63) is 33.8 Å². The number of piperazine rings is 1. The zero-order valence-electron chi connectivity index (χ0n) is 12.0. The van der Waals surface area contributed by atoms with Gasteiger partial charge in [0.1, 0.15) is 0 Å². The summed E-state index contributed by atoms with van der Waals surface area (Å²) in [5.41, 5.74) is 0.723. The molecule has 3 nitrogen and oxygen atoms in total. The number of halogens is 2. The minimum atomic E-state index is -0.562. The summed E-state index contributed by atoms with van der Waals surface area (Å²) in [6.07, 6.45) is 0.113. The molecular formula is C15H22Cl2N2O. The van der Waals surface area contributed by atoms with Crippen molar-refractivity contribution < 1.29 is 5.11 Å². The lowest BCUT2D eigenvalue weighted by Crippen LogP contribution is -2.50. The maximum absolute atomic E-state index is 10.3. The van der Waals surface area contributed by atoms with E-state index in [1.54, 1.807) is 6.07 Å². The highest BCUT2D eigenvalue weighted by atomic mass is 35.5. The molecule has 1 saturated heterocycles. The molecule has 0 saturated carbocycles. The number of hydrogen-bond donors (Lipinski definition) is 1. The highest BCUT2D eigenvalue weighted by Crippen LogP contribution is 2.31. The summed E-state index contributed by atoms with van der Waals surface area (Å²) >= 11 is 12.1. The molecule has 0 spiro atoms. The third kappa shape index (κ3) is 3.86. The third-order valence-corrected chi connectivity index (χ3v) is 4.83. The minimum Gasteiger partial charge on any atom is -0.388 e. The lowest BCUT2D eigenvalue weighted by atomic mass is 10.1. The first-order valence-corrected chi connectivity index (χ1v) is 7.79. The largest absolute Gasteiger partial charge is 0.388 e. The fraction of sp³-hybridized carbons (Fsp3) is 0.600. The van der Waals surface area contributed by atoms with Gasteiger partial charge in [-0.1, -0.05) is 35.3 Å². The van der Waals surface area contributed by atoms with E-state index in [9.17, 15) is 5.11 Å². The Kier molecular flexibility index (Phi) is 5.70. The second-order valence-corrected chi connectivity index (χ2v) is 6.38. The molecule has 2 atom stereocenters. The molecule has 5 heteroatoms. The first-order chi connectivity index (χ1) is 9.49. The monoisotopic (exact) mass is 316 g/mol. The number of aliphatic hydroxyl groups is 1. The van der Waals surface area contributed by atoms with Crippen LogP contribution in [0.4, 0.5) is 0 Å². The molecule has 0 bridgehead atoms. The number of hydrogen-bond acceptors (Lipinski definition) is 3. The van der Waals surface area contributed by atoms with Gasteiger partial charge < -0.3 is 10.0 Å². The second-order valence-electron chi connectivity index (χ2n) is 5.59. The molecule has 112 valence electrons. The van der Waals surface area contributed by atoms with Crippen molar-refractivity contribution in [1.29, 1.82) is 0 Å². The second kappa shape index (κ2) is 7.10. The van der Waals surface area contributed by atoms with E-state index in [1.165, 1.54) is 0 Å². The number of nitrogens with zero attached hydrogens (tertiary/aromatic N) is 2. The molecule has 1 aliphatic heterocycles. The summed E-state index contributed by atoms with van der Waals surface area (Å²) in [5, 5.41) is 11.3. The molecule has 0 aliphatic carbocycles. The summed E-state index contributed by atoms with van der Waals surface area (Å²) in [5.74, 6) is 0.